The number of anilines is 2. The number of halogens is 3. The Morgan fingerprint density at radius 1 is 0.929 bits per heavy atom. The fourth-order valence-corrected chi connectivity index (χ4v) is 2.00. The Balaban J connectivity index is 1.86. The molecule has 0 radical (unpaired) electrons. The van der Waals surface area contributed by atoms with E-state index in [1.807, 2.05) is 6.07 Å². The van der Waals surface area contributed by atoms with Gasteiger partial charge in [-0.25, -0.2) is 0 Å². The zero-order chi connectivity index (χ0) is 20.0. The van der Waals surface area contributed by atoms with E-state index in [-0.39, 0.29) is 12.0 Å². The van der Waals surface area contributed by atoms with Crippen molar-refractivity contribution >= 4 is 11.6 Å². The maximum Gasteiger partial charge on any atom is 0.422 e. The minimum absolute atomic E-state index is 0.0807. The van der Waals surface area contributed by atoms with Crippen molar-refractivity contribution in [3.63, 3.8) is 0 Å². The lowest BCUT2D eigenvalue weighted by atomic mass is 10.2. The number of nitrogens with zero attached hydrogens (tertiary/aromatic N) is 4. The van der Waals surface area contributed by atoms with Gasteiger partial charge in [-0.15, -0.1) is 4.98 Å². The highest BCUT2D eigenvalue weighted by atomic mass is 19.4. The van der Waals surface area contributed by atoms with Crippen LogP contribution in [0.3, 0.4) is 0 Å². The van der Waals surface area contributed by atoms with Crippen LogP contribution in [0.25, 0.3) is 0 Å². The third-order valence-corrected chi connectivity index (χ3v) is 3.18. The number of aromatic nitrogens is 3. The van der Waals surface area contributed by atoms with E-state index < -0.39 is 18.8 Å². The minimum Gasteiger partial charge on any atom is -0.454 e. The lowest BCUT2D eigenvalue weighted by Gasteiger charge is -2.11. The summed E-state index contributed by atoms with van der Waals surface area (Å²) in [6.45, 7) is -1.56. The predicted octanol–water partition coefficient (Wildman–Crippen LogP) is 4.22. The highest BCUT2D eigenvalue weighted by Gasteiger charge is 2.29. The second-order valence-corrected chi connectivity index (χ2v) is 5.36. The molecule has 0 bridgehead atoms. The van der Waals surface area contributed by atoms with Crippen LogP contribution in [-0.2, 0) is 0 Å². The molecular weight excluding hydrogens is 375 g/mol. The highest BCUT2D eigenvalue weighted by molar-refractivity contribution is 5.55. The van der Waals surface area contributed by atoms with E-state index in [0.717, 1.165) is 0 Å². The van der Waals surface area contributed by atoms with E-state index in [0.29, 0.717) is 17.0 Å². The second-order valence-electron chi connectivity index (χ2n) is 5.36. The quantitative estimate of drug-likeness (QED) is 0.677. The van der Waals surface area contributed by atoms with Crippen molar-refractivity contribution in [3.05, 3.63) is 60.2 Å². The molecule has 0 saturated heterocycles. The Labute approximate surface area is 157 Å². The molecule has 142 valence electrons. The van der Waals surface area contributed by atoms with E-state index in [1.54, 1.807) is 54.6 Å². The molecule has 0 saturated carbocycles. The number of hydrogen-bond acceptors (Lipinski definition) is 7. The van der Waals surface area contributed by atoms with Crippen molar-refractivity contribution < 1.29 is 22.6 Å². The average molecular weight is 387 g/mol. The lowest BCUT2D eigenvalue weighted by Crippen LogP contribution is -2.20. The molecule has 10 heteroatoms. The maximum atomic E-state index is 12.4. The van der Waals surface area contributed by atoms with E-state index in [2.05, 4.69) is 25.0 Å². The number of nitrogens with one attached hydrogen (secondary N) is 1. The summed E-state index contributed by atoms with van der Waals surface area (Å²) in [6.07, 6.45) is -4.55. The number of nitriles is 1. The van der Waals surface area contributed by atoms with Gasteiger partial charge in [0.05, 0.1) is 11.6 Å². The fourth-order valence-electron chi connectivity index (χ4n) is 2.00. The number of benzene rings is 2. The van der Waals surface area contributed by atoms with Gasteiger partial charge in [0, 0.05) is 5.69 Å². The molecule has 28 heavy (non-hydrogen) atoms. The molecule has 0 aliphatic rings. The van der Waals surface area contributed by atoms with Crippen LogP contribution in [0.1, 0.15) is 5.56 Å². The first-order valence-corrected chi connectivity index (χ1v) is 7.87. The van der Waals surface area contributed by atoms with Crippen molar-refractivity contribution in [2.24, 2.45) is 0 Å². The molecule has 1 heterocycles. The van der Waals surface area contributed by atoms with Gasteiger partial charge in [0.2, 0.25) is 5.95 Å². The molecule has 0 aliphatic heterocycles. The fraction of sp³-hybridized carbons (Fsp3) is 0.111. The summed E-state index contributed by atoms with van der Waals surface area (Å²) in [5.41, 5.74) is 0.959. The van der Waals surface area contributed by atoms with E-state index >= 15 is 0 Å². The highest BCUT2D eigenvalue weighted by Crippen LogP contribution is 2.23. The topological polar surface area (TPSA) is 93.0 Å². The largest absolute Gasteiger partial charge is 0.454 e. The summed E-state index contributed by atoms with van der Waals surface area (Å²) >= 11 is 0. The summed E-state index contributed by atoms with van der Waals surface area (Å²) < 4.78 is 47.4. The van der Waals surface area contributed by atoms with Crippen LogP contribution in [0.4, 0.5) is 24.8 Å². The number of ether oxygens (including phenoxy) is 2. The molecular formula is C18H12F3N5O2. The Morgan fingerprint density at radius 2 is 1.61 bits per heavy atom. The molecule has 7 nitrogen and oxygen atoms in total. The molecule has 3 rings (SSSR count). The van der Waals surface area contributed by atoms with Crippen LogP contribution in [0.5, 0.6) is 17.8 Å². The van der Waals surface area contributed by atoms with Crippen molar-refractivity contribution in [1.29, 1.82) is 5.26 Å². The molecule has 3 aromatic rings. The maximum absolute atomic E-state index is 12.4. The molecule has 1 aromatic heterocycles. The molecule has 0 fully saturated rings. The standard InChI is InChI=1S/C18H12F3N5O2/c19-18(20,21)11-27-16-24-15(23-13-8-6-12(10-22)7-9-13)25-17(26-16)28-14-4-2-1-3-5-14/h1-9H,11H2,(H,23,24,25,26). The van der Waals surface area contributed by atoms with Gasteiger partial charge < -0.3 is 14.8 Å². The molecule has 2 aromatic carbocycles. The first-order chi connectivity index (χ1) is 13.4. The third kappa shape index (κ3) is 5.57. The van der Waals surface area contributed by atoms with Gasteiger partial charge in [0.1, 0.15) is 5.75 Å². The van der Waals surface area contributed by atoms with Gasteiger partial charge in [-0.2, -0.15) is 28.4 Å². The van der Waals surface area contributed by atoms with Gasteiger partial charge in [-0.3, -0.25) is 0 Å². The van der Waals surface area contributed by atoms with Crippen LogP contribution in [0.2, 0.25) is 0 Å². The van der Waals surface area contributed by atoms with Crippen LogP contribution in [-0.4, -0.2) is 27.7 Å². The van der Waals surface area contributed by atoms with Crippen molar-refractivity contribution in [3.8, 4) is 23.8 Å². The number of alkyl halides is 3. The Bertz CT molecular complexity index is 973. The normalized spacial score (nSPS) is 10.8. The number of rotatable bonds is 6. The zero-order valence-corrected chi connectivity index (χ0v) is 14.1. The molecule has 0 unspecified atom stereocenters. The Hall–Kier alpha value is -3.87. The first-order valence-electron chi connectivity index (χ1n) is 7.87. The van der Waals surface area contributed by atoms with E-state index in [1.165, 1.54) is 0 Å². The third-order valence-electron chi connectivity index (χ3n) is 3.18. The average Bonchev–Trinajstić information content (AvgIpc) is 2.67. The van der Waals surface area contributed by atoms with Crippen LogP contribution in [0, 0.1) is 11.3 Å². The predicted molar refractivity (Wildman–Crippen MR) is 92.3 cm³/mol. The number of hydrogen-bond donors (Lipinski definition) is 1. The summed E-state index contributed by atoms with van der Waals surface area (Å²) in [6, 6.07) is 16.0. The van der Waals surface area contributed by atoms with Gasteiger partial charge in [0.25, 0.3) is 0 Å². The summed E-state index contributed by atoms with van der Waals surface area (Å²) in [7, 11) is 0. The number of para-hydroxylation sites is 1. The summed E-state index contributed by atoms with van der Waals surface area (Å²) in [5.74, 6) is 0.308. The summed E-state index contributed by atoms with van der Waals surface area (Å²) in [4.78, 5) is 11.6. The smallest absolute Gasteiger partial charge is 0.422 e. The summed E-state index contributed by atoms with van der Waals surface area (Å²) in [5, 5.41) is 11.6. The van der Waals surface area contributed by atoms with Gasteiger partial charge in [0.15, 0.2) is 6.61 Å². The zero-order valence-electron chi connectivity index (χ0n) is 14.1. The molecule has 1 N–H and O–H groups in total. The van der Waals surface area contributed by atoms with Crippen molar-refractivity contribution in [2.45, 2.75) is 6.18 Å². The first kappa shape index (κ1) is 18.9. The Morgan fingerprint density at radius 3 is 2.25 bits per heavy atom. The molecule has 0 amide bonds. The monoisotopic (exact) mass is 387 g/mol. The van der Waals surface area contributed by atoms with Crippen molar-refractivity contribution in [1.82, 2.24) is 15.0 Å². The lowest BCUT2D eigenvalue weighted by molar-refractivity contribution is -0.154. The SMILES string of the molecule is N#Cc1ccc(Nc2nc(OCC(F)(F)F)nc(Oc3ccccc3)n2)cc1. The molecule has 0 aliphatic carbocycles. The van der Waals surface area contributed by atoms with Crippen LogP contribution in [0.15, 0.2) is 54.6 Å². The van der Waals surface area contributed by atoms with Crippen molar-refractivity contribution in [2.75, 3.05) is 11.9 Å². The minimum atomic E-state index is -4.55. The van der Waals surface area contributed by atoms with Gasteiger partial charge in [-0.1, -0.05) is 18.2 Å². The van der Waals surface area contributed by atoms with Gasteiger partial charge in [-0.05, 0) is 36.4 Å². The van der Waals surface area contributed by atoms with Gasteiger partial charge >= 0.3 is 18.2 Å². The van der Waals surface area contributed by atoms with Crippen LogP contribution >= 0.6 is 0 Å². The second kappa shape index (κ2) is 8.22. The Kier molecular flexibility index (Phi) is 5.55. The van der Waals surface area contributed by atoms with E-state index in [4.69, 9.17) is 10.00 Å². The van der Waals surface area contributed by atoms with Crippen LogP contribution < -0.4 is 14.8 Å². The van der Waals surface area contributed by atoms with E-state index in [9.17, 15) is 13.2 Å². The molecule has 0 spiro atoms. The molecule has 0 atom stereocenters.